The van der Waals surface area contributed by atoms with Gasteiger partial charge in [0.15, 0.2) is 5.75 Å². The van der Waals surface area contributed by atoms with Gasteiger partial charge in [0.1, 0.15) is 22.9 Å². The van der Waals surface area contributed by atoms with E-state index < -0.39 is 10.9 Å². The van der Waals surface area contributed by atoms with Gasteiger partial charge in [-0.25, -0.2) is 4.79 Å². The number of aromatic nitrogens is 1. The molecule has 8 nitrogen and oxygen atoms in total. The van der Waals surface area contributed by atoms with Crippen molar-refractivity contribution in [2.45, 2.75) is 0 Å². The number of aromatic carboxylic acids is 1. The molecule has 0 saturated heterocycles. The highest BCUT2D eigenvalue weighted by atomic mass is 16.6. The molecule has 0 aliphatic carbocycles. The number of nitriles is 1. The van der Waals surface area contributed by atoms with Crippen molar-refractivity contribution in [2.24, 2.45) is 0 Å². The van der Waals surface area contributed by atoms with E-state index in [2.05, 4.69) is 4.98 Å². The van der Waals surface area contributed by atoms with Gasteiger partial charge in [0.25, 0.3) is 5.69 Å². The number of nitro groups is 1. The van der Waals surface area contributed by atoms with Crippen molar-refractivity contribution < 1.29 is 19.6 Å². The summed E-state index contributed by atoms with van der Waals surface area (Å²) >= 11 is 0. The number of ether oxygens (including phenoxy) is 1. The van der Waals surface area contributed by atoms with Crippen molar-refractivity contribution in [3.8, 4) is 17.6 Å². The molecule has 8 heteroatoms. The number of nitrogens with zero attached hydrogens (tertiary/aromatic N) is 3. The van der Waals surface area contributed by atoms with Crippen LogP contribution in [0.5, 0.6) is 11.5 Å². The summed E-state index contributed by atoms with van der Waals surface area (Å²) in [5.74, 6) is -1.26. The summed E-state index contributed by atoms with van der Waals surface area (Å²) in [5.41, 5.74) is -0.472. The largest absolute Gasteiger partial charge is 0.478 e. The fraction of sp³-hybridized carbons (Fsp3) is 0. The molecule has 0 aliphatic heterocycles. The zero-order valence-corrected chi connectivity index (χ0v) is 10.4. The first kappa shape index (κ1) is 14.0. The molecule has 0 amide bonds. The van der Waals surface area contributed by atoms with Gasteiger partial charge in [0, 0.05) is 18.3 Å². The number of hydrogen-bond acceptors (Lipinski definition) is 6. The van der Waals surface area contributed by atoms with Crippen molar-refractivity contribution in [3.05, 3.63) is 57.9 Å². The Labute approximate surface area is 118 Å². The second-order valence-corrected chi connectivity index (χ2v) is 3.83. The molecule has 1 aromatic carbocycles. The summed E-state index contributed by atoms with van der Waals surface area (Å²) in [6.45, 7) is 0. The van der Waals surface area contributed by atoms with Gasteiger partial charge in [0.05, 0.1) is 11.1 Å². The Morgan fingerprint density at radius 3 is 2.76 bits per heavy atom. The predicted molar refractivity (Wildman–Crippen MR) is 69.1 cm³/mol. The Bertz CT molecular complexity index is 767. The van der Waals surface area contributed by atoms with Crippen LogP contribution < -0.4 is 4.74 Å². The van der Waals surface area contributed by atoms with Crippen LogP contribution in [0.1, 0.15) is 15.9 Å². The topological polar surface area (TPSA) is 126 Å². The van der Waals surface area contributed by atoms with Gasteiger partial charge in [-0.05, 0) is 12.1 Å². The molecule has 0 saturated carbocycles. The number of rotatable bonds is 4. The fourth-order valence-corrected chi connectivity index (χ4v) is 1.56. The molecule has 0 radical (unpaired) electrons. The lowest BCUT2D eigenvalue weighted by atomic mass is 10.2. The molecular weight excluding hydrogens is 278 g/mol. The van der Waals surface area contributed by atoms with Crippen LogP contribution in [0.4, 0.5) is 5.69 Å². The smallest absolute Gasteiger partial charge is 0.339 e. The van der Waals surface area contributed by atoms with E-state index in [4.69, 9.17) is 15.1 Å². The van der Waals surface area contributed by atoms with Crippen molar-refractivity contribution in [2.75, 3.05) is 0 Å². The number of pyridine rings is 1. The molecule has 2 aromatic rings. The fourth-order valence-electron chi connectivity index (χ4n) is 1.56. The Hall–Kier alpha value is -3.47. The van der Waals surface area contributed by atoms with Gasteiger partial charge in [-0.1, -0.05) is 0 Å². The molecular formula is C13H7N3O5. The van der Waals surface area contributed by atoms with Crippen LogP contribution in [0.25, 0.3) is 0 Å². The van der Waals surface area contributed by atoms with E-state index >= 15 is 0 Å². The van der Waals surface area contributed by atoms with E-state index in [-0.39, 0.29) is 28.3 Å². The Balaban J connectivity index is 2.43. The number of carboxylic acids is 1. The minimum absolute atomic E-state index is 0.0126. The molecule has 21 heavy (non-hydrogen) atoms. The van der Waals surface area contributed by atoms with Crippen LogP contribution in [0.3, 0.4) is 0 Å². The van der Waals surface area contributed by atoms with Gasteiger partial charge in [-0.3, -0.25) is 15.1 Å². The van der Waals surface area contributed by atoms with E-state index in [1.807, 2.05) is 0 Å². The molecule has 1 aromatic heterocycles. The van der Waals surface area contributed by atoms with Crippen molar-refractivity contribution >= 4 is 11.7 Å². The maximum atomic E-state index is 11.0. The average Bonchev–Trinajstić information content (AvgIpc) is 2.47. The van der Waals surface area contributed by atoms with Crippen molar-refractivity contribution in [1.29, 1.82) is 5.26 Å². The average molecular weight is 285 g/mol. The monoisotopic (exact) mass is 285 g/mol. The third-order valence-corrected chi connectivity index (χ3v) is 2.53. The standard InChI is InChI=1S/C13H7N3O5/c14-6-8-5-9(16(19)20)1-2-11(8)21-12-7-15-4-3-10(12)13(17)18/h1-5,7H,(H,17,18). The second kappa shape index (κ2) is 5.66. The summed E-state index contributed by atoms with van der Waals surface area (Å²) in [6, 6.07) is 6.45. The lowest BCUT2D eigenvalue weighted by Gasteiger charge is -2.09. The molecule has 0 bridgehead atoms. The number of carbonyl (C=O) groups is 1. The Morgan fingerprint density at radius 1 is 1.38 bits per heavy atom. The number of benzene rings is 1. The summed E-state index contributed by atoms with van der Waals surface area (Å²) in [5, 5.41) is 28.7. The molecule has 0 spiro atoms. The van der Waals surface area contributed by atoms with Crippen LogP contribution in [0, 0.1) is 21.4 Å². The van der Waals surface area contributed by atoms with E-state index in [1.54, 1.807) is 6.07 Å². The molecule has 2 rings (SSSR count). The van der Waals surface area contributed by atoms with E-state index in [0.29, 0.717) is 0 Å². The van der Waals surface area contributed by atoms with Crippen LogP contribution >= 0.6 is 0 Å². The molecule has 0 aliphatic rings. The van der Waals surface area contributed by atoms with Crippen LogP contribution in [-0.2, 0) is 0 Å². The molecule has 0 unspecified atom stereocenters. The summed E-state index contributed by atoms with van der Waals surface area (Å²) in [6.07, 6.45) is 2.48. The summed E-state index contributed by atoms with van der Waals surface area (Å²) < 4.78 is 5.34. The molecule has 1 N–H and O–H groups in total. The van der Waals surface area contributed by atoms with Gasteiger partial charge in [-0.15, -0.1) is 0 Å². The minimum Gasteiger partial charge on any atom is -0.478 e. The number of non-ortho nitro benzene ring substituents is 1. The molecule has 104 valence electrons. The van der Waals surface area contributed by atoms with E-state index in [0.717, 1.165) is 12.1 Å². The first-order chi connectivity index (χ1) is 10.0. The Kier molecular flexibility index (Phi) is 3.76. The maximum absolute atomic E-state index is 11.0. The van der Waals surface area contributed by atoms with Gasteiger partial charge in [-0.2, -0.15) is 5.26 Å². The van der Waals surface area contributed by atoms with Gasteiger partial charge >= 0.3 is 5.97 Å². The first-order valence-electron chi connectivity index (χ1n) is 5.56. The zero-order valence-electron chi connectivity index (χ0n) is 10.4. The number of carboxylic acid groups (broad SMARTS) is 1. The molecule has 1 heterocycles. The van der Waals surface area contributed by atoms with E-state index in [1.165, 1.54) is 24.5 Å². The summed E-state index contributed by atoms with van der Waals surface area (Å²) in [4.78, 5) is 24.8. The zero-order chi connectivity index (χ0) is 15.4. The van der Waals surface area contributed by atoms with Crippen LogP contribution in [-0.4, -0.2) is 21.0 Å². The SMILES string of the molecule is N#Cc1cc([N+](=O)[O-])ccc1Oc1cnccc1C(=O)O. The lowest BCUT2D eigenvalue weighted by molar-refractivity contribution is -0.384. The summed E-state index contributed by atoms with van der Waals surface area (Å²) in [7, 11) is 0. The van der Waals surface area contributed by atoms with Gasteiger partial charge < -0.3 is 9.84 Å². The van der Waals surface area contributed by atoms with Crippen molar-refractivity contribution in [3.63, 3.8) is 0 Å². The highest BCUT2D eigenvalue weighted by Crippen LogP contribution is 2.29. The highest BCUT2D eigenvalue weighted by molar-refractivity contribution is 5.90. The minimum atomic E-state index is -1.21. The highest BCUT2D eigenvalue weighted by Gasteiger charge is 2.16. The predicted octanol–water partition coefficient (Wildman–Crippen LogP) is 2.35. The normalized spacial score (nSPS) is 9.67. The van der Waals surface area contributed by atoms with Crippen molar-refractivity contribution in [1.82, 2.24) is 4.98 Å². The Morgan fingerprint density at radius 2 is 2.14 bits per heavy atom. The lowest BCUT2D eigenvalue weighted by Crippen LogP contribution is -2.01. The quantitative estimate of drug-likeness (QED) is 0.674. The number of hydrogen-bond donors (Lipinski definition) is 1. The maximum Gasteiger partial charge on any atom is 0.339 e. The third-order valence-electron chi connectivity index (χ3n) is 2.53. The molecule has 0 fully saturated rings. The van der Waals surface area contributed by atoms with Crippen LogP contribution in [0.2, 0.25) is 0 Å². The van der Waals surface area contributed by atoms with E-state index in [9.17, 15) is 14.9 Å². The third kappa shape index (κ3) is 2.93. The second-order valence-electron chi connectivity index (χ2n) is 3.83. The molecule has 0 atom stereocenters. The van der Waals surface area contributed by atoms with Gasteiger partial charge in [0.2, 0.25) is 0 Å². The number of nitro benzene ring substituents is 1. The van der Waals surface area contributed by atoms with Crippen LogP contribution in [0.15, 0.2) is 36.7 Å². The first-order valence-corrected chi connectivity index (χ1v) is 5.56.